The van der Waals surface area contributed by atoms with Crippen LogP contribution < -0.4 is 9.47 Å². The van der Waals surface area contributed by atoms with Crippen LogP contribution in [-0.2, 0) is 0 Å². The Morgan fingerprint density at radius 2 is 1.43 bits per heavy atom. The molecule has 0 fully saturated rings. The molecule has 0 aliphatic heterocycles. The third-order valence-electron chi connectivity index (χ3n) is 5.68. The third-order valence-corrected chi connectivity index (χ3v) is 5.68. The highest BCUT2D eigenvalue weighted by Crippen LogP contribution is 2.27. The van der Waals surface area contributed by atoms with Crippen LogP contribution in [0.5, 0.6) is 11.5 Å². The highest BCUT2D eigenvalue weighted by atomic mass is 19.1. The highest BCUT2D eigenvalue weighted by molar-refractivity contribution is 5.65. The number of ether oxygens (including phenoxy) is 2. The standard InChI is InChI=1S/C27H39FO2/c1-4-6-7-8-9-10-19-30-27-18-15-24(21-26(27)28)23-13-16-25(17-14-23)29-20-11-12-22(3)5-2/h13-18,21-22H,4-12,19-20H2,1-3H3/t22-/m0/s1. The van der Waals surface area contributed by atoms with Gasteiger partial charge in [-0.05, 0) is 60.6 Å². The van der Waals surface area contributed by atoms with Crippen molar-refractivity contribution in [3.63, 3.8) is 0 Å². The van der Waals surface area contributed by atoms with Crippen molar-refractivity contribution >= 4 is 0 Å². The van der Waals surface area contributed by atoms with Gasteiger partial charge in [-0.2, -0.15) is 0 Å². The van der Waals surface area contributed by atoms with Crippen molar-refractivity contribution in [1.29, 1.82) is 0 Å². The van der Waals surface area contributed by atoms with E-state index >= 15 is 0 Å². The van der Waals surface area contributed by atoms with E-state index in [0.717, 1.165) is 48.7 Å². The molecule has 166 valence electrons. The molecule has 0 N–H and O–H groups in total. The zero-order valence-electron chi connectivity index (χ0n) is 19.1. The predicted molar refractivity (Wildman–Crippen MR) is 125 cm³/mol. The molecule has 0 radical (unpaired) electrons. The molecule has 0 bridgehead atoms. The molecule has 0 unspecified atom stereocenters. The van der Waals surface area contributed by atoms with Crippen molar-refractivity contribution in [3.05, 3.63) is 48.3 Å². The molecule has 0 aliphatic carbocycles. The van der Waals surface area contributed by atoms with Gasteiger partial charge in [0.25, 0.3) is 0 Å². The van der Waals surface area contributed by atoms with E-state index in [1.54, 1.807) is 12.1 Å². The summed E-state index contributed by atoms with van der Waals surface area (Å²) in [6.45, 7) is 8.03. The Hall–Kier alpha value is -2.03. The summed E-state index contributed by atoms with van der Waals surface area (Å²) in [5, 5.41) is 0. The monoisotopic (exact) mass is 414 g/mol. The number of unbranched alkanes of at least 4 members (excludes halogenated alkanes) is 5. The van der Waals surface area contributed by atoms with Crippen molar-refractivity contribution in [1.82, 2.24) is 0 Å². The first-order chi connectivity index (χ1) is 14.6. The average molecular weight is 415 g/mol. The van der Waals surface area contributed by atoms with Gasteiger partial charge in [-0.25, -0.2) is 4.39 Å². The molecule has 0 saturated heterocycles. The molecular weight excluding hydrogens is 375 g/mol. The maximum absolute atomic E-state index is 14.4. The van der Waals surface area contributed by atoms with Crippen LogP contribution in [0.4, 0.5) is 4.39 Å². The first-order valence-corrected chi connectivity index (χ1v) is 11.8. The third kappa shape index (κ3) is 8.77. The van der Waals surface area contributed by atoms with E-state index < -0.39 is 0 Å². The lowest BCUT2D eigenvalue weighted by molar-refractivity contribution is 0.290. The van der Waals surface area contributed by atoms with E-state index in [0.29, 0.717) is 12.4 Å². The molecule has 1 atom stereocenters. The van der Waals surface area contributed by atoms with Crippen LogP contribution in [0, 0.1) is 11.7 Å². The first-order valence-electron chi connectivity index (χ1n) is 11.8. The lowest BCUT2D eigenvalue weighted by atomic mass is 10.0. The van der Waals surface area contributed by atoms with Gasteiger partial charge in [0.1, 0.15) is 5.75 Å². The first kappa shape index (κ1) is 24.2. The summed E-state index contributed by atoms with van der Waals surface area (Å²) in [5.41, 5.74) is 1.83. The summed E-state index contributed by atoms with van der Waals surface area (Å²) < 4.78 is 25.9. The van der Waals surface area contributed by atoms with Crippen LogP contribution >= 0.6 is 0 Å². The minimum absolute atomic E-state index is 0.302. The van der Waals surface area contributed by atoms with Gasteiger partial charge in [0.05, 0.1) is 13.2 Å². The largest absolute Gasteiger partial charge is 0.494 e. The van der Waals surface area contributed by atoms with Gasteiger partial charge < -0.3 is 9.47 Å². The van der Waals surface area contributed by atoms with Gasteiger partial charge in [0.15, 0.2) is 11.6 Å². The maximum Gasteiger partial charge on any atom is 0.165 e. The Bertz CT molecular complexity index is 711. The summed E-state index contributed by atoms with van der Waals surface area (Å²) in [4.78, 5) is 0. The molecule has 0 saturated carbocycles. The Balaban J connectivity index is 1.78. The van der Waals surface area contributed by atoms with Gasteiger partial charge in [0, 0.05) is 0 Å². The van der Waals surface area contributed by atoms with Crippen LogP contribution in [0.2, 0.25) is 0 Å². The molecule has 3 heteroatoms. The molecule has 0 amide bonds. The van der Waals surface area contributed by atoms with Crippen molar-refractivity contribution in [2.45, 2.75) is 78.6 Å². The Kier molecular flexibility index (Phi) is 11.4. The molecule has 0 heterocycles. The van der Waals surface area contributed by atoms with Crippen LogP contribution in [0.25, 0.3) is 11.1 Å². The van der Waals surface area contributed by atoms with Crippen LogP contribution in [0.1, 0.15) is 78.6 Å². The summed E-state index contributed by atoms with van der Waals surface area (Å²) in [7, 11) is 0. The second kappa shape index (κ2) is 14.1. The fraction of sp³-hybridized carbons (Fsp3) is 0.556. The fourth-order valence-electron chi connectivity index (χ4n) is 3.43. The Labute approximate surface area is 182 Å². The molecule has 2 nitrogen and oxygen atoms in total. The van der Waals surface area contributed by atoms with Gasteiger partial charge >= 0.3 is 0 Å². The number of hydrogen-bond donors (Lipinski definition) is 0. The minimum Gasteiger partial charge on any atom is -0.494 e. The minimum atomic E-state index is -0.302. The smallest absolute Gasteiger partial charge is 0.165 e. The van der Waals surface area contributed by atoms with E-state index in [1.807, 2.05) is 30.3 Å². The fourth-order valence-corrected chi connectivity index (χ4v) is 3.43. The number of rotatable bonds is 15. The Morgan fingerprint density at radius 1 is 0.767 bits per heavy atom. The van der Waals surface area contributed by atoms with Gasteiger partial charge in [-0.3, -0.25) is 0 Å². The molecule has 0 aliphatic rings. The summed E-state index contributed by atoms with van der Waals surface area (Å²) in [5.74, 6) is 1.66. The van der Waals surface area contributed by atoms with Crippen LogP contribution in [-0.4, -0.2) is 13.2 Å². The van der Waals surface area contributed by atoms with Crippen LogP contribution in [0.3, 0.4) is 0 Å². The predicted octanol–water partition coefficient (Wildman–Crippen LogP) is 8.44. The van der Waals surface area contributed by atoms with Gasteiger partial charge in [-0.1, -0.05) is 77.5 Å². The van der Waals surface area contributed by atoms with Crippen molar-refractivity contribution < 1.29 is 13.9 Å². The molecule has 2 aromatic rings. The number of hydrogen-bond acceptors (Lipinski definition) is 2. The second-order valence-corrected chi connectivity index (χ2v) is 8.29. The quantitative estimate of drug-likeness (QED) is 0.272. The molecule has 0 aromatic heterocycles. The molecule has 30 heavy (non-hydrogen) atoms. The number of benzene rings is 2. The summed E-state index contributed by atoms with van der Waals surface area (Å²) in [6.07, 6.45) is 10.7. The zero-order chi connectivity index (χ0) is 21.6. The van der Waals surface area contributed by atoms with Crippen LogP contribution in [0.15, 0.2) is 42.5 Å². The molecular formula is C27H39FO2. The SMILES string of the molecule is CCCCCCCCOc1ccc(-c2ccc(OCCC[C@@H](C)CC)cc2)cc1F. The number of halogens is 1. The highest BCUT2D eigenvalue weighted by Gasteiger charge is 2.07. The summed E-state index contributed by atoms with van der Waals surface area (Å²) in [6, 6.07) is 13.1. The van der Waals surface area contributed by atoms with E-state index in [-0.39, 0.29) is 5.82 Å². The lowest BCUT2D eigenvalue weighted by Crippen LogP contribution is -2.01. The lowest BCUT2D eigenvalue weighted by Gasteiger charge is -2.11. The van der Waals surface area contributed by atoms with E-state index in [4.69, 9.17) is 9.47 Å². The normalized spacial score (nSPS) is 12.0. The van der Waals surface area contributed by atoms with Gasteiger partial charge in [-0.15, -0.1) is 0 Å². The van der Waals surface area contributed by atoms with E-state index in [1.165, 1.54) is 38.5 Å². The molecule has 2 aromatic carbocycles. The van der Waals surface area contributed by atoms with Gasteiger partial charge in [0.2, 0.25) is 0 Å². The molecule has 0 spiro atoms. The maximum atomic E-state index is 14.4. The topological polar surface area (TPSA) is 18.5 Å². The van der Waals surface area contributed by atoms with E-state index in [2.05, 4.69) is 20.8 Å². The summed E-state index contributed by atoms with van der Waals surface area (Å²) >= 11 is 0. The zero-order valence-corrected chi connectivity index (χ0v) is 19.1. The van der Waals surface area contributed by atoms with Crippen molar-refractivity contribution in [3.8, 4) is 22.6 Å². The van der Waals surface area contributed by atoms with Crippen molar-refractivity contribution in [2.75, 3.05) is 13.2 Å². The van der Waals surface area contributed by atoms with Crippen molar-refractivity contribution in [2.24, 2.45) is 5.92 Å². The molecule has 2 rings (SSSR count). The van der Waals surface area contributed by atoms with E-state index in [9.17, 15) is 4.39 Å². The second-order valence-electron chi connectivity index (χ2n) is 8.29. The average Bonchev–Trinajstić information content (AvgIpc) is 2.77. The Morgan fingerprint density at radius 3 is 2.13 bits per heavy atom.